The zero-order chi connectivity index (χ0) is 31.4. The van der Waals surface area contributed by atoms with Gasteiger partial charge in [-0.1, -0.05) is 50.3 Å². The number of halogens is 3. The Morgan fingerprint density at radius 1 is 1.07 bits per heavy atom. The molecule has 43 heavy (non-hydrogen) atoms. The minimum atomic E-state index is -4.47. The van der Waals surface area contributed by atoms with Crippen LogP contribution in [0.1, 0.15) is 86.5 Å². The first-order chi connectivity index (χ1) is 20.3. The molecule has 2 aromatic rings. The number of hydrogen-bond donors (Lipinski definition) is 3. The van der Waals surface area contributed by atoms with Gasteiger partial charge in [-0.15, -0.1) is 0 Å². The number of amides is 2. The van der Waals surface area contributed by atoms with Gasteiger partial charge in [0.15, 0.2) is 0 Å². The van der Waals surface area contributed by atoms with Crippen LogP contribution in [-0.2, 0) is 11.0 Å². The molecule has 1 aliphatic heterocycles. The van der Waals surface area contributed by atoms with Crippen molar-refractivity contribution in [2.24, 2.45) is 26.7 Å². The second-order valence-electron chi connectivity index (χ2n) is 12.2. The van der Waals surface area contributed by atoms with Crippen LogP contribution in [0, 0.1) is 11.3 Å². The second-order valence-corrected chi connectivity index (χ2v) is 12.2. The lowest BCUT2D eigenvalue weighted by Crippen LogP contribution is -2.50. The van der Waals surface area contributed by atoms with Crippen molar-refractivity contribution in [1.82, 2.24) is 21.2 Å². The molecule has 12 heteroatoms. The number of benzene rings is 2. The Labute approximate surface area is 250 Å². The summed E-state index contributed by atoms with van der Waals surface area (Å²) in [4.78, 5) is 33.4. The second kappa shape index (κ2) is 12.8. The van der Waals surface area contributed by atoms with E-state index in [0.717, 1.165) is 30.5 Å². The lowest BCUT2D eigenvalue weighted by atomic mass is 9.69. The average Bonchev–Trinajstić information content (AvgIpc) is 3.24. The van der Waals surface area contributed by atoms with Crippen LogP contribution in [0.4, 0.5) is 13.2 Å². The van der Waals surface area contributed by atoms with Crippen LogP contribution in [0.3, 0.4) is 0 Å². The minimum Gasteiger partial charge on any atom is -0.350 e. The van der Waals surface area contributed by atoms with E-state index in [1.807, 2.05) is 19.1 Å². The third kappa shape index (κ3) is 7.23. The van der Waals surface area contributed by atoms with Gasteiger partial charge in [-0.25, -0.2) is 11.0 Å². The van der Waals surface area contributed by atoms with Gasteiger partial charge < -0.3 is 10.2 Å². The normalized spacial score (nSPS) is 21.8. The molecule has 1 atom stereocenters. The topological polar surface area (TPSA) is 111 Å². The van der Waals surface area contributed by atoms with Gasteiger partial charge in [-0.2, -0.15) is 18.3 Å². The molecule has 2 aromatic carbocycles. The molecule has 1 saturated carbocycles. The van der Waals surface area contributed by atoms with E-state index >= 15 is 0 Å². The van der Waals surface area contributed by atoms with Crippen LogP contribution >= 0.6 is 0 Å². The molecule has 1 heterocycles. The van der Waals surface area contributed by atoms with Crippen molar-refractivity contribution < 1.29 is 22.8 Å². The van der Waals surface area contributed by atoms with Gasteiger partial charge in [0.1, 0.15) is 11.4 Å². The van der Waals surface area contributed by atoms with E-state index in [-0.39, 0.29) is 29.0 Å². The van der Waals surface area contributed by atoms with Crippen LogP contribution in [-0.4, -0.2) is 48.2 Å². The Hall–Kier alpha value is -3.80. The standard InChI is InChI=1S/C31H40F3N7O2/c1-20(21-6-8-23(9-7-21)27(42)36-18-19-37-40-39-35-5)41-28(43)26(22-10-12-25(13-11-22)31(32,33)34)38-30(41)16-14-24(15-17-30)29(2,3)4/h6-13,20,24H,14-19H2,1-5H3,(H,35,40)(H,36,42)(H,37,39)/t20-,24?,30?/m1/s1. The van der Waals surface area contributed by atoms with Gasteiger partial charge in [0.05, 0.1) is 18.2 Å². The molecule has 1 spiro atoms. The highest BCUT2D eigenvalue weighted by Crippen LogP contribution is 2.49. The summed E-state index contributed by atoms with van der Waals surface area (Å²) < 4.78 is 39.6. The summed E-state index contributed by atoms with van der Waals surface area (Å²) >= 11 is 0. The van der Waals surface area contributed by atoms with Gasteiger partial charge in [0.25, 0.3) is 11.8 Å². The molecule has 0 saturated heterocycles. The van der Waals surface area contributed by atoms with Gasteiger partial charge in [0.2, 0.25) is 0 Å². The Morgan fingerprint density at radius 2 is 1.70 bits per heavy atom. The molecular formula is C31H40F3N7O2. The van der Waals surface area contributed by atoms with E-state index in [0.29, 0.717) is 43.0 Å². The predicted octanol–water partition coefficient (Wildman–Crippen LogP) is 5.85. The number of hydrogen-bond acceptors (Lipinski definition) is 6. The molecular weight excluding hydrogens is 559 g/mol. The van der Waals surface area contributed by atoms with Gasteiger partial charge >= 0.3 is 6.18 Å². The molecule has 0 aromatic heterocycles. The first-order valence-electron chi connectivity index (χ1n) is 14.5. The smallest absolute Gasteiger partial charge is 0.350 e. The number of rotatable bonds is 9. The largest absolute Gasteiger partial charge is 0.416 e. The maximum atomic E-state index is 14.0. The number of carbonyl (C=O) groups excluding carboxylic acids is 2. The Morgan fingerprint density at radius 3 is 2.26 bits per heavy atom. The van der Waals surface area contributed by atoms with Crippen molar-refractivity contribution in [1.29, 1.82) is 0 Å². The zero-order valence-electron chi connectivity index (χ0n) is 25.3. The molecule has 2 aliphatic rings. The predicted molar refractivity (Wildman–Crippen MR) is 158 cm³/mol. The molecule has 3 N–H and O–H groups in total. The molecule has 2 amide bonds. The van der Waals surface area contributed by atoms with Crippen LogP contribution in [0.25, 0.3) is 0 Å². The summed E-state index contributed by atoms with van der Waals surface area (Å²) in [6.45, 7) is 9.21. The van der Waals surface area contributed by atoms with E-state index in [1.54, 1.807) is 24.1 Å². The highest BCUT2D eigenvalue weighted by Gasteiger charge is 2.52. The molecule has 0 unspecified atom stereocenters. The van der Waals surface area contributed by atoms with Crippen molar-refractivity contribution in [3.05, 3.63) is 70.8 Å². The SMILES string of the molecule is CNNN=NCCNC(=O)c1ccc([C@@H](C)N2C(=O)C(c3ccc(C(F)(F)F)cc3)=NC23CCC(C(C)(C)C)CC3)cc1. The molecule has 232 valence electrons. The summed E-state index contributed by atoms with van der Waals surface area (Å²) in [5.41, 5.74) is 5.50. The van der Waals surface area contributed by atoms with Crippen molar-refractivity contribution in [2.75, 3.05) is 20.1 Å². The van der Waals surface area contributed by atoms with Crippen molar-refractivity contribution in [2.45, 2.75) is 71.3 Å². The number of aliphatic imine (C=N–C) groups is 1. The number of carbonyl (C=O) groups is 2. The maximum absolute atomic E-state index is 14.0. The number of hydrazine groups is 1. The highest BCUT2D eigenvalue weighted by molar-refractivity contribution is 6.46. The Balaban J connectivity index is 1.56. The molecule has 0 radical (unpaired) electrons. The highest BCUT2D eigenvalue weighted by atomic mass is 19.4. The summed E-state index contributed by atoms with van der Waals surface area (Å²) in [6.07, 6.45) is -1.38. The summed E-state index contributed by atoms with van der Waals surface area (Å²) in [5.74, 6) is -0.0853. The molecule has 9 nitrogen and oxygen atoms in total. The van der Waals surface area contributed by atoms with E-state index in [1.165, 1.54) is 12.1 Å². The summed E-state index contributed by atoms with van der Waals surface area (Å²) in [7, 11) is 1.66. The van der Waals surface area contributed by atoms with Gasteiger partial charge in [-0.05, 0) is 73.8 Å². The van der Waals surface area contributed by atoms with Crippen molar-refractivity contribution >= 4 is 17.5 Å². The molecule has 4 rings (SSSR count). The fraction of sp³-hybridized carbons (Fsp3) is 0.516. The first-order valence-corrected chi connectivity index (χ1v) is 14.5. The van der Waals surface area contributed by atoms with Gasteiger partial charge in [-0.3, -0.25) is 14.6 Å². The van der Waals surface area contributed by atoms with E-state index in [4.69, 9.17) is 4.99 Å². The van der Waals surface area contributed by atoms with Crippen LogP contribution in [0.5, 0.6) is 0 Å². The zero-order valence-corrected chi connectivity index (χ0v) is 25.3. The minimum absolute atomic E-state index is 0.115. The quantitative estimate of drug-likeness (QED) is 0.191. The number of nitrogens with zero attached hydrogens (tertiary/aromatic N) is 4. The number of nitrogens with one attached hydrogen (secondary N) is 3. The molecule has 1 fully saturated rings. The monoisotopic (exact) mass is 599 g/mol. The van der Waals surface area contributed by atoms with Crippen LogP contribution < -0.4 is 16.3 Å². The van der Waals surface area contributed by atoms with Crippen molar-refractivity contribution in [3.63, 3.8) is 0 Å². The molecule has 1 aliphatic carbocycles. The van der Waals surface area contributed by atoms with E-state index in [2.05, 4.69) is 47.4 Å². The first kappa shape index (κ1) is 32.1. The van der Waals surface area contributed by atoms with Gasteiger partial charge in [0, 0.05) is 24.7 Å². The number of alkyl halides is 3. The van der Waals surface area contributed by atoms with Crippen molar-refractivity contribution in [3.8, 4) is 0 Å². The third-order valence-electron chi connectivity index (χ3n) is 8.46. The fourth-order valence-electron chi connectivity index (χ4n) is 5.97. The lowest BCUT2D eigenvalue weighted by Gasteiger charge is -2.46. The van der Waals surface area contributed by atoms with E-state index < -0.39 is 17.4 Å². The Bertz CT molecular complexity index is 1340. The average molecular weight is 600 g/mol. The maximum Gasteiger partial charge on any atom is 0.416 e. The van der Waals surface area contributed by atoms with Crippen LogP contribution in [0.2, 0.25) is 0 Å². The van der Waals surface area contributed by atoms with Crippen LogP contribution in [0.15, 0.2) is 63.9 Å². The molecule has 0 bridgehead atoms. The Kier molecular flexibility index (Phi) is 9.58. The summed E-state index contributed by atoms with van der Waals surface area (Å²) in [5, 5.41) is 10.3. The fourth-order valence-corrected chi connectivity index (χ4v) is 5.97. The lowest BCUT2D eigenvalue weighted by molar-refractivity contribution is -0.137. The summed E-state index contributed by atoms with van der Waals surface area (Å²) in [6, 6.07) is 11.3. The third-order valence-corrected chi connectivity index (χ3v) is 8.46. The van der Waals surface area contributed by atoms with E-state index in [9.17, 15) is 22.8 Å².